The van der Waals surface area contributed by atoms with Crippen molar-refractivity contribution in [1.29, 1.82) is 0 Å². The van der Waals surface area contributed by atoms with E-state index in [1.54, 1.807) is 6.92 Å². The van der Waals surface area contributed by atoms with Crippen molar-refractivity contribution in [3.05, 3.63) is 29.8 Å². The van der Waals surface area contributed by atoms with E-state index in [1.807, 2.05) is 18.2 Å². The Hall–Kier alpha value is -1.59. The summed E-state index contributed by atoms with van der Waals surface area (Å²) < 4.78 is 10.5. The van der Waals surface area contributed by atoms with Gasteiger partial charge in [0.2, 0.25) is 0 Å². The van der Waals surface area contributed by atoms with E-state index in [4.69, 9.17) is 9.47 Å². The predicted octanol–water partition coefficient (Wildman–Crippen LogP) is 1.42. The van der Waals surface area contributed by atoms with Crippen LogP contribution in [0.3, 0.4) is 0 Å². The molecule has 5 nitrogen and oxygen atoms in total. The fourth-order valence-corrected chi connectivity index (χ4v) is 2.35. The standard InChI is InChI=1S/C16H24N2O3/c1-2-20-16(19)6-11-21-15-5-3-4-14(12-15)13-18-9-7-17-8-10-18/h3-5,12,17H,2,6-11,13H2,1H3. The second kappa shape index (κ2) is 8.64. The number of rotatable bonds is 7. The summed E-state index contributed by atoms with van der Waals surface area (Å²) in [6.45, 7) is 7.78. The van der Waals surface area contributed by atoms with Gasteiger partial charge in [-0.3, -0.25) is 9.69 Å². The van der Waals surface area contributed by atoms with Crippen molar-refractivity contribution in [2.24, 2.45) is 0 Å². The highest BCUT2D eigenvalue weighted by Crippen LogP contribution is 2.15. The molecule has 1 aliphatic rings. The number of nitrogens with zero attached hydrogens (tertiary/aromatic N) is 1. The first-order valence-electron chi connectivity index (χ1n) is 7.58. The van der Waals surface area contributed by atoms with Crippen LogP contribution in [0.2, 0.25) is 0 Å². The molecule has 0 amide bonds. The zero-order valence-corrected chi connectivity index (χ0v) is 12.6. The number of piperazine rings is 1. The molecule has 1 fully saturated rings. The molecule has 21 heavy (non-hydrogen) atoms. The van der Waals surface area contributed by atoms with Crippen LogP contribution in [0.4, 0.5) is 0 Å². The lowest BCUT2D eigenvalue weighted by molar-refractivity contribution is -0.143. The Kier molecular flexibility index (Phi) is 6.50. The Morgan fingerprint density at radius 2 is 2.14 bits per heavy atom. The SMILES string of the molecule is CCOC(=O)CCOc1cccc(CN2CCNCC2)c1. The first-order chi connectivity index (χ1) is 10.3. The maximum absolute atomic E-state index is 11.2. The summed E-state index contributed by atoms with van der Waals surface area (Å²) >= 11 is 0. The van der Waals surface area contributed by atoms with Crippen LogP contribution in [0.15, 0.2) is 24.3 Å². The van der Waals surface area contributed by atoms with E-state index in [0.29, 0.717) is 13.2 Å². The van der Waals surface area contributed by atoms with Gasteiger partial charge in [-0.1, -0.05) is 12.1 Å². The first-order valence-corrected chi connectivity index (χ1v) is 7.58. The minimum atomic E-state index is -0.213. The minimum Gasteiger partial charge on any atom is -0.493 e. The number of ether oxygens (including phenoxy) is 2. The molecule has 0 atom stereocenters. The van der Waals surface area contributed by atoms with Crippen LogP contribution in [-0.2, 0) is 16.1 Å². The highest BCUT2D eigenvalue weighted by molar-refractivity contribution is 5.69. The van der Waals surface area contributed by atoms with Crippen molar-refractivity contribution in [3.8, 4) is 5.75 Å². The summed E-state index contributed by atoms with van der Waals surface area (Å²) in [6, 6.07) is 8.08. The molecule has 0 spiro atoms. The number of esters is 1. The van der Waals surface area contributed by atoms with E-state index in [-0.39, 0.29) is 12.4 Å². The number of hydrogen-bond acceptors (Lipinski definition) is 5. The molecular formula is C16H24N2O3. The third kappa shape index (κ3) is 5.73. The molecule has 0 bridgehead atoms. The topological polar surface area (TPSA) is 50.8 Å². The predicted molar refractivity (Wildman–Crippen MR) is 81.3 cm³/mol. The van der Waals surface area contributed by atoms with Crippen LogP contribution in [-0.4, -0.2) is 50.3 Å². The highest BCUT2D eigenvalue weighted by atomic mass is 16.5. The summed E-state index contributed by atoms with van der Waals surface area (Å²) in [4.78, 5) is 13.7. The van der Waals surface area contributed by atoms with E-state index in [2.05, 4.69) is 16.3 Å². The van der Waals surface area contributed by atoms with Gasteiger partial charge >= 0.3 is 5.97 Å². The van der Waals surface area contributed by atoms with Gasteiger partial charge in [-0.25, -0.2) is 0 Å². The molecule has 0 aromatic heterocycles. The maximum atomic E-state index is 11.2. The molecule has 0 unspecified atom stereocenters. The molecule has 0 saturated carbocycles. The fraction of sp³-hybridized carbons (Fsp3) is 0.562. The molecule has 1 heterocycles. The third-order valence-corrected chi connectivity index (χ3v) is 3.39. The van der Waals surface area contributed by atoms with Crippen LogP contribution in [0.5, 0.6) is 5.75 Å². The van der Waals surface area contributed by atoms with Gasteiger partial charge in [0.1, 0.15) is 5.75 Å². The number of hydrogen-bond donors (Lipinski definition) is 1. The Bertz CT molecular complexity index is 445. The van der Waals surface area contributed by atoms with Gasteiger partial charge in [0.25, 0.3) is 0 Å². The summed E-state index contributed by atoms with van der Waals surface area (Å²) in [7, 11) is 0. The monoisotopic (exact) mass is 292 g/mol. The Balaban J connectivity index is 1.78. The highest BCUT2D eigenvalue weighted by Gasteiger charge is 2.10. The van der Waals surface area contributed by atoms with Crippen molar-refractivity contribution in [3.63, 3.8) is 0 Å². The molecular weight excluding hydrogens is 268 g/mol. The molecule has 1 aromatic carbocycles. The van der Waals surface area contributed by atoms with Gasteiger partial charge in [-0.15, -0.1) is 0 Å². The van der Waals surface area contributed by atoms with Gasteiger partial charge in [0, 0.05) is 32.7 Å². The molecule has 2 rings (SSSR count). The molecule has 1 aromatic rings. The summed E-state index contributed by atoms with van der Waals surface area (Å²) in [5, 5.41) is 3.35. The van der Waals surface area contributed by atoms with E-state index in [9.17, 15) is 4.79 Å². The lowest BCUT2D eigenvalue weighted by atomic mass is 10.2. The molecule has 1 N–H and O–H groups in total. The van der Waals surface area contributed by atoms with Crippen molar-refractivity contribution in [1.82, 2.24) is 10.2 Å². The van der Waals surface area contributed by atoms with Gasteiger partial charge in [-0.2, -0.15) is 0 Å². The van der Waals surface area contributed by atoms with Crippen LogP contribution in [0, 0.1) is 0 Å². The molecule has 0 radical (unpaired) electrons. The van der Waals surface area contributed by atoms with E-state index < -0.39 is 0 Å². The Morgan fingerprint density at radius 3 is 2.90 bits per heavy atom. The zero-order valence-electron chi connectivity index (χ0n) is 12.6. The summed E-state index contributed by atoms with van der Waals surface area (Å²) in [5.41, 5.74) is 1.24. The van der Waals surface area contributed by atoms with Crippen molar-refractivity contribution >= 4 is 5.97 Å². The van der Waals surface area contributed by atoms with Gasteiger partial charge in [0.15, 0.2) is 0 Å². The van der Waals surface area contributed by atoms with Crippen LogP contribution >= 0.6 is 0 Å². The Morgan fingerprint density at radius 1 is 1.33 bits per heavy atom. The van der Waals surface area contributed by atoms with Crippen LogP contribution in [0.1, 0.15) is 18.9 Å². The van der Waals surface area contributed by atoms with Crippen molar-refractivity contribution in [2.75, 3.05) is 39.4 Å². The maximum Gasteiger partial charge on any atom is 0.309 e. The average Bonchev–Trinajstić information content (AvgIpc) is 2.49. The molecule has 0 aliphatic carbocycles. The first kappa shape index (κ1) is 15.8. The summed E-state index contributed by atoms with van der Waals surface area (Å²) in [6.07, 6.45) is 0.288. The fourth-order valence-electron chi connectivity index (χ4n) is 2.35. The second-order valence-corrected chi connectivity index (χ2v) is 5.08. The average molecular weight is 292 g/mol. The number of carbonyl (C=O) groups is 1. The van der Waals surface area contributed by atoms with Gasteiger partial charge < -0.3 is 14.8 Å². The van der Waals surface area contributed by atoms with E-state index in [0.717, 1.165) is 38.5 Å². The number of benzene rings is 1. The lowest BCUT2D eigenvalue weighted by Crippen LogP contribution is -2.42. The molecule has 1 saturated heterocycles. The largest absolute Gasteiger partial charge is 0.493 e. The van der Waals surface area contributed by atoms with E-state index >= 15 is 0 Å². The number of carbonyl (C=O) groups excluding carboxylic acids is 1. The van der Waals surface area contributed by atoms with Crippen LogP contribution in [0.25, 0.3) is 0 Å². The van der Waals surface area contributed by atoms with Crippen molar-refractivity contribution in [2.45, 2.75) is 19.9 Å². The smallest absolute Gasteiger partial charge is 0.309 e. The minimum absolute atomic E-state index is 0.213. The molecule has 1 aliphatic heterocycles. The van der Waals surface area contributed by atoms with Crippen LogP contribution < -0.4 is 10.1 Å². The van der Waals surface area contributed by atoms with Crippen molar-refractivity contribution < 1.29 is 14.3 Å². The zero-order chi connectivity index (χ0) is 14.9. The van der Waals surface area contributed by atoms with Gasteiger partial charge in [0.05, 0.1) is 19.6 Å². The Labute approximate surface area is 126 Å². The quantitative estimate of drug-likeness (QED) is 0.770. The number of nitrogens with one attached hydrogen (secondary N) is 1. The molecule has 116 valence electrons. The molecule has 5 heteroatoms. The van der Waals surface area contributed by atoms with Gasteiger partial charge in [-0.05, 0) is 24.6 Å². The third-order valence-electron chi connectivity index (χ3n) is 3.39. The second-order valence-electron chi connectivity index (χ2n) is 5.08. The summed E-state index contributed by atoms with van der Waals surface area (Å²) in [5.74, 6) is 0.599. The van der Waals surface area contributed by atoms with E-state index in [1.165, 1.54) is 5.56 Å². The normalized spacial score (nSPS) is 15.7. The lowest BCUT2D eigenvalue weighted by Gasteiger charge is -2.27.